The molecule has 0 radical (unpaired) electrons. The Morgan fingerprint density at radius 1 is 1.24 bits per heavy atom. The summed E-state index contributed by atoms with van der Waals surface area (Å²) in [7, 11) is 0. The number of aromatic nitrogens is 2. The van der Waals surface area contributed by atoms with Gasteiger partial charge >= 0.3 is 5.97 Å². The van der Waals surface area contributed by atoms with Crippen molar-refractivity contribution in [2.45, 2.75) is 44.6 Å². The van der Waals surface area contributed by atoms with Gasteiger partial charge in [-0.05, 0) is 31.9 Å². The van der Waals surface area contributed by atoms with Gasteiger partial charge in [0.2, 0.25) is 0 Å². The molecular formula is C14H20N4O3. The Kier molecular flexibility index (Phi) is 4.72. The van der Waals surface area contributed by atoms with Crippen LogP contribution in [-0.2, 0) is 4.79 Å². The van der Waals surface area contributed by atoms with Gasteiger partial charge in [-0.2, -0.15) is 0 Å². The molecule has 0 aliphatic heterocycles. The number of anilines is 1. The zero-order valence-corrected chi connectivity index (χ0v) is 12.1. The summed E-state index contributed by atoms with van der Waals surface area (Å²) in [6.07, 6.45) is 3.95. The number of carbonyl (C=O) groups excluding carboxylic acids is 1. The van der Waals surface area contributed by atoms with Crippen molar-refractivity contribution in [1.82, 2.24) is 15.5 Å². The van der Waals surface area contributed by atoms with Crippen molar-refractivity contribution >= 4 is 17.7 Å². The van der Waals surface area contributed by atoms with Crippen LogP contribution in [0.1, 0.15) is 49.5 Å². The van der Waals surface area contributed by atoms with Crippen LogP contribution in [0.15, 0.2) is 12.1 Å². The molecule has 1 heterocycles. The Labute approximate surface area is 123 Å². The van der Waals surface area contributed by atoms with Gasteiger partial charge in [-0.25, -0.2) is 4.79 Å². The number of nitrogens with zero attached hydrogens (tertiary/aromatic N) is 2. The zero-order valence-electron chi connectivity index (χ0n) is 12.1. The van der Waals surface area contributed by atoms with E-state index in [1.165, 1.54) is 0 Å². The molecule has 3 N–H and O–H groups in total. The second-order valence-electron chi connectivity index (χ2n) is 5.24. The first kappa shape index (κ1) is 15.2. The molecule has 114 valence electrons. The molecule has 1 amide bonds. The fourth-order valence-corrected chi connectivity index (χ4v) is 2.56. The molecule has 0 unspecified atom stereocenters. The van der Waals surface area contributed by atoms with Crippen molar-refractivity contribution in [3.05, 3.63) is 17.8 Å². The number of hydrogen-bond donors (Lipinski definition) is 3. The lowest BCUT2D eigenvalue weighted by atomic mass is 9.81. The van der Waals surface area contributed by atoms with Crippen LogP contribution in [0, 0.1) is 0 Å². The Bertz CT molecular complexity index is 509. The van der Waals surface area contributed by atoms with Crippen LogP contribution in [0.4, 0.5) is 5.82 Å². The molecule has 7 nitrogen and oxygen atoms in total. The number of rotatable bonds is 5. The van der Waals surface area contributed by atoms with Crippen molar-refractivity contribution < 1.29 is 14.7 Å². The SMILES string of the molecule is CCNC(=O)c1ccc(NC2(C(=O)O)CCCCC2)nn1. The van der Waals surface area contributed by atoms with Gasteiger partial charge in [-0.15, -0.1) is 10.2 Å². The number of hydrogen-bond acceptors (Lipinski definition) is 5. The van der Waals surface area contributed by atoms with E-state index < -0.39 is 11.5 Å². The van der Waals surface area contributed by atoms with Crippen molar-refractivity contribution in [2.75, 3.05) is 11.9 Å². The van der Waals surface area contributed by atoms with Crippen LogP contribution in [0.25, 0.3) is 0 Å². The minimum Gasteiger partial charge on any atom is -0.480 e. The van der Waals surface area contributed by atoms with Crippen molar-refractivity contribution in [3.63, 3.8) is 0 Å². The standard InChI is InChI=1S/C14H20N4O3/c1-2-15-12(19)10-6-7-11(18-17-10)16-14(13(20)21)8-4-3-5-9-14/h6-7H,2-5,8-9H2,1H3,(H,15,19)(H,16,18)(H,20,21). The Morgan fingerprint density at radius 2 is 1.95 bits per heavy atom. The molecule has 1 aromatic rings. The van der Waals surface area contributed by atoms with E-state index in [1.807, 2.05) is 6.92 Å². The normalized spacial score (nSPS) is 17.0. The molecule has 1 aliphatic rings. The van der Waals surface area contributed by atoms with Gasteiger partial charge in [0.05, 0.1) is 0 Å². The maximum Gasteiger partial charge on any atom is 0.329 e. The maximum absolute atomic E-state index is 11.6. The van der Waals surface area contributed by atoms with Gasteiger partial charge in [0.25, 0.3) is 5.91 Å². The summed E-state index contributed by atoms with van der Waals surface area (Å²) < 4.78 is 0. The summed E-state index contributed by atoms with van der Waals surface area (Å²) in [4.78, 5) is 23.2. The number of nitrogens with one attached hydrogen (secondary N) is 2. The highest BCUT2D eigenvalue weighted by molar-refractivity contribution is 5.92. The largest absolute Gasteiger partial charge is 0.480 e. The fraction of sp³-hybridized carbons (Fsp3) is 0.571. The van der Waals surface area contributed by atoms with Gasteiger partial charge in [0, 0.05) is 6.54 Å². The molecule has 1 aromatic heterocycles. The average molecular weight is 292 g/mol. The van der Waals surface area contributed by atoms with Crippen LogP contribution in [0.2, 0.25) is 0 Å². The van der Waals surface area contributed by atoms with Crippen LogP contribution in [-0.4, -0.2) is 39.3 Å². The lowest BCUT2D eigenvalue weighted by Gasteiger charge is -2.34. The van der Waals surface area contributed by atoms with Crippen LogP contribution in [0.3, 0.4) is 0 Å². The second-order valence-corrected chi connectivity index (χ2v) is 5.24. The molecule has 0 bridgehead atoms. The van der Waals surface area contributed by atoms with E-state index in [0.717, 1.165) is 19.3 Å². The summed E-state index contributed by atoms with van der Waals surface area (Å²) in [5.74, 6) is -0.772. The molecule has 7 heteroatoms. The molecule has 2 rings (SSSR count). The summed E-state index contributed by atoms with van der Waals surface area (Å²) in [6.45, 7) is 2.34. The first-order chi connectivity index (χ1) is 10.1. The Hall–Kier alpha value is -2.18. The van der Waals surface area contributed by atoms with Crippen LogP contribution >= 0.6 is 0 Å². The van der Waals surface area contributed by atoms with E-state index in [1.54, 1.807) is 12.1 Å². The van der Waals surface area contributed by atoms with Gasteiger partial charge in [0.1, 0.15) is 11.4 Å². The van der Waals surface area contributed by atoms with Crippen molar-refractivity contribution in [1.29, 1.82) is 0 Å². The third-order valence-electron chi connectivity index (χ3n) is 3.72. The third kappa shape index (κ3) is 3.48. The van der Waals surface area contributed by atoms with Crippen LogP contribution < -0.4 is 10.6 Å². The monoisotopic (exact) mass is 292 g/mol. The minimum atomic E-state index is -0.972. The average Bonchev–Trinajstić information content (AvgIpc) is 2.49. The van der Waals surface area contributed by atoms with E-state index in [0.29, 0.717) is 25.2 Å². The number of aliphatic carboxylic acids is 1. The molecule has 1 fully saturated rings. The first-order valence-corrected chi connectivity index (χ1v) is 7.21. The highest BCUT2D eigenvalue weighted by Gasteiger charge is 2.39. The molecule has 1 saturated carbocycles. The first-order valence-electron chi connectivity index (χ1n) is 7.21. The second kappa shape index (κ2) is 6.51. The van der Waals surface area contributed by atoms with E-state index in [9.17, 15) is 14.7 Å². The smallest absolute Gasteiger partial charge is 0.329 e. The van der Waals surface area contributed by atoms with E-state index in [-0.39, 0.29) is 11.6 Å². The molecule has 0 aromatic carbocycles. The predicted octanol–water partition coefficient (Wildman–Crippen LogP) is 1.43. The molecule has 0 spiro atoms. The summed E-state index contributed by atoms with van der Waals surface area (Å²) in [5, 5.41) is 22.9. The van der Waals surface area contributed by atoms with E-state index in [2.05, 4.69) is 20.8 Å². The minimum absolute atomic E-state index is 0.218. The molecule has 1 aliphatic carbocycles. The summed E-state index contributed by atoms with van der Waals surface area (Å²) in [5.41, 5.74) is -0.754. The highest BCUT2D eigenvalue weighted by atomic mass is 16.4. The lowest BCUT2D eigenvalue weighted by Crippen LogP contribution is -2.48. The third-order valence-corrected chi connectivity index (χ3v) is 3.72. The maximum atomic E-state index is 11.6. The quantitative estimate of drug-likeness (QED) is 0.758. The number of carboxylic acid groups (broad SMARTS) is 1. The predicted molar refractivity (Wildman–Crippen MR) is 77.1 cm³/mol. The Morgan fingerprint density at radius 3 is 2.48 bits per heavy atom. The lowest BCUT2D eigenvalue weighted by molar-refractivity contribution is -0.143. The van der Waals surface area contributed by atoms with Crippen molar-refractivity contribution in [2.24, 2.45) is 0 Å². The van der Waals surface area contributed by atoms with Gasteiger partial charge in [-0.3, -0.25) is 4.79 Å². The Balaban J connectivity index is 2.11. The summed E-state index contributed by atoms with van der Waals surface area (Å²) in [6, 6.07) is 3.13. The van der Waals surface area contributed by atoms with Gasteiger partial charge in [-0.1, -0.05) is 19.3 Å². The molecule has 0 saturated heterocycles. The van der Waals surface area contributed by atoms with Gasteiger partial charge < -0.3 is 15.7 Å². The number of carbonyl (C=O) groups is 2. The topological polar surface area (TPSA) is 104 Å². The highest BCUT2D eigenvalue weighted by Crippen LogP contribution is 2.31. The number of carboxylic acids is 1. The van der Waals surface area contributed by atoms with Crippen LogP contribution in [0.5, 0.6) is 0 Å². The summed E-state index contributed by atoms with van der Waals surface area (Å²) >= 11 is 0. The van der Waals surface area contributed by atoms with Crippen molar-refractivity contribution in [3.8, 4) is 0 Å². The zero-order chi connectivity index (χ0) is 15.3. The molecule has 21 heavy (non-hydrogen) atoms. The van der Waals surface area contributed by atoms with E-state index in [4.69, 9.17) is 0 Å². The van der Waals surface area contributed by atoms with Gasteiger partial charge in [0.15, 0.2) is 5.69 Å². The van der Waals surface area contributed by atoms with E-state index >= 15 is 0 Å². The molecular weight excluding hydrogens is 272 g/mol. The fourth-order valence-electron chi connectivity index (χ4n) is 2.56. The number of amides is 1. The molecule has 0 atom stereocenters.